The molecule has 0 radical (unpaired) electrons. The van der Waals surface area contributed by atoms with Crippen molar-refractivity contribution in [3.8, 4) is 11.9 Å². The van der Waals surface area contributed by atoms with Crippen LogP contribution in [0.15, 0.2) is 47.4 Å². The third kappa shape index (κ3) is 4.48. The number of aryl methyl sites for hydroxylation is 1. The number of rotatable bonds is 8. The van der Waals surface area contributed by atoms with E-state index in [0.29, 0.717) is 29.0 Å². The van der Waals surface area contributed by atoms with E-state index >= 15 is 0 Å². The lowest BCUT2D eigenvalue weighted by Crippen LogP contribution is -2.32. The topological polar surface area (TPSA) is 97.0 Å². The number of carbonyl (C=O) groups excluding carboxylic acids is 1. The zero-order valence-electron chi connectivity index (χ0n) is 18.1. The number of nitrogens with one attached hydrogen (secondary N) is 1. The molecule has 0 saturated heterocycles. The van der Waals surface area contributed by atoms with E-state index < -0.39 is 11.5 Å². The van der Waals surface area contributed by atoms with Crippen LogP contribution < -0.4 is 15.6 Å². The van der Waals surface area contributed by atoms with E-state index in [0.717, 1.165) is 24.2 Å². The van der Waals surface area contributed by atoms with E-state index in [1.165, 1.54) is 4.57 Å². The maximum Gasteiger partial charge on any atom is 0.263 e. The molecule has 8 heteroatoms. The molecule has 1 saturated carbocycles. The number of fused-ring (bicyclic) bond motifs is 1. The highest BCUT2D eigenvalue weighted by Crippen LogP contribution is 2.48. The van der Waals surface area contributed by atoms with E-state index in [9.17, 15) is 9.59 Å². The van der Waals surface area contributed by atoms with Gasteiger partial charge in [-0.3, -0.25) is 9.59 Å². The molecule has 7 nitrogen and oxygen atoms in total. The fourth-order valence-corrected chi connectivity index (χ4v) is 4.77. The lowest BCUT2D eigenvalue weighted by Gasteiger charge is -2.17. The summed E-state index contributed by atoms with van der Waals surface area (Å²) in [5, 5.41) is 12.4. The second-order valence-electron chi connectivity index (χ2n) is 7.87. The van der Waals surface area contributed by atoms with Crippen molar-refractivity contribution in [3.05, 3.63) is 69.6 Å². The molecule has 1 aliphatic rings. The quantitative estimate of drug-likeness (QED) is 0.567. The van der Waals surface area contributed by atoms with E-state index in [4.69, 9.17) is 10.00 Å². The molecule has 0 bridgehead atoms. The average molecular weight is 449 g/mol. The second kappa shape index (κ2) is 9.05. The van der Waals surface area contributed by atoms with E-state index in [1.807, 2.05) is 11.8 Å². The molecule has 0 aliphatic heterocycles. The van der Waals surface area contributed by atoms with Gasteiger partial charge in [-0.05, 0) is 48.4 Å². The van der Waals surface area contributed by atoms with Crippen LogP contribution in [0.1, 0.15) is 41.3 Å². The monoisotopic (exact) mass is 448 g/mol. The highest BCUT2D eigenvalue weighted by atomic mass is 32.2. The third-order valence-corrected chi connectivity index (χ3v) is 7.03. The molecule has 1 fully saturated rings. The van der Waals surface area contributed by atoms with Crippen molar-refractivity contribution in [1.82, 2.24) is 14.9 Å². The Morgan fingerprint density at radius 3 is 2.72 bits per heavy atom. The van der Waals surface area contributed by atoms with Crippen LogP contribution in [0.4, 0.5) is 0 Å². The summed E-state index contributed by atoms with van der Waals surface area (Å²) in [6.45, 7) is 2.95. The fraction of sp³-hybridized carbons (Fsp3) is 0.333. The molecular weight excluding hydrogens is 424 g/mol. The SMILES string of the molecule is CCSC1(COc2nccc3cc(C(=O)NCc4ccc(C#N)cc4)c(=O)n(C)c23)CC1. The van der Waals surface area contributed by atoms with Crippen LogP contribution in [0, 0.1) is 11.3 Å². The van der Waals surface area contributed by atoms with Gasteiger partial charge in [-0.1, -0.05) is 19.1 Å². The number of aromatic nitrogens is 2. The molecule has 0 atom stereocenters. The van der Waals surface area contributed by atoms with Crippen LogP contribution >= 0.6 is 11.8 Å². The molecule has 1 amide bonds. The van der Waals surface area contributed by atoms with Crippen LogP contribution in [-0.4, -0.2) is 32.6 Å². The van der Waals surface area contributed by atoms with Crippen molar-refractivity contribution in [2.75, 3.05) is 12.4 Å². The molecule has 32 heavy (non-hydrogen) atoms. The zero-order valence-corrected chi connectivity index (χ0v) is 18.9. The number of thioether (sulfide) groups is 1. The van der Waals surface area contributed by atoms with E-state index in [-0.39, 0.29) is 16.9 Å². The zero-order chi connectivity index (χ0) is 22.7. The minimum Gasteiger partial charge on any atom is -0.475 e. The van der Waals surface area contributed by atoms with Crippen LogP contribution in [0.3, 0.4) is 0 Å². The second-order valence-corrected chi connectivity index (χ2v) is 9.60. The highest BCUT2D eigenvalue weighted by Gasteiger charge is 2.43. The lowest BCUT2D eigenvalue weighted by atomic mass is 10.1. The first-order chi connectivity index (χ1) is 15.5. The predicted molar refractivity (Wildman–Crippen MR) is 125 cm³/mol. The summed E-state index contributed by atoms with van der Waals surface area (Å²) in [5.74, 6) is 0.994. The van der Waals surface area contributed by atoms with E-state index in [1.54, 1.807) is 49.6 Å². The van der Waals surface area contributed by atoms with Gasteiger partial charge in [0.05, 0.1) is 16.4 Å². The molecule has 0 spiro atoms. The van der Waals surface area contributed by atoms with Crippen LogP contribution in [-0.2, 0) is 13.6 Å². The Balaban J connectivity index is 1.55. The molecule has 164 valence electrons. The number of nitrogens with zero attached hydrogens (tertiary/aromatic N) is 3. The van der Waals surface area contributed by atoms with Gasteiger partial charge in [0.1, 0.15) is 17.7 Å². The van der Waals surface area contributed by atoms with Crippen LogP contribution in [0.2, 0.25) is 0 Å². The molecule has 1 N–H and O–H groups in total. The number of amides is 1. The third-order valence-electron chi connectivity index (χ3n) is 5.60. The predicted octanol–water partition coefficient (Wildman–Crippen LogP) is 3.40. The van der Waals surface area contributed by atoms with Gasteiger partial charge in [0.25, 0.3) is 11.5 Å². The average Bonchev–Trinajstić information content (AvgIpc) is 3.58. The standard InChI is InChI=1S/C24H24N4O3S/c1-3-32-24(9-10-24)15-31-22-20-18(8-11-26-22)12-19(23(30)28(20)2)21(29)27-14-17-6-4-16(13-25)5-7-17/h4-8,11-12H,3,9-10,14-15H2,1-2H3,(H,27,29). The maximum absolute atomic E-state index is 13.0. The largest absolute Gasteiger partial charge is 0.475 e. The first-order valence-corrected chi connectivity index (χ1v) is 11.5. The maximum atomic E-state index is 13.0. The molecule has 0 unspecified atom stereocenters. The fourth-order valence-electron chi connectivity index (χ4n) is 3.62. The summed E-state index contributed by atoms with van der Waals surface area (Å²) in [6, 6.07) is 12.3. The molecular formula is C24H24N4O3S. The minimum atomic E-state index is -0.451. The summed E-state index contributed by atoms with van der Waals surface area (Å²) in [4.78, 5) is 30.1. The van der Waals surface area contributed by atoms with Gasteiger partial charge in [-0.25, -0.2) is 4.98 Å². The summed E-state index contributed by atoms with van der Waals surface area (Å²) >= 11 is 1.90. The molecule has 4 rings (SSSR count). The molecule has 1 aromatic carbocycles. The van der Waals surface area contributed by atoms with Crippen molar-refractivity contribution >= 4 is 28.6 Å². The van der Waals surface area contributed by atoms with Crippen molar-refractivity contribution in [2.24, 2.45) is 7.05 Å². The Morgan fingerprint density at radius 2 is 2.06 bits per heavy atom. The van der Waals surface area contributed by atoms with Gasteiger partial charge in [-0.2, -0.15) is 17.0 Å². The van der Waals surface area contributed by atoms with Gasteiger partial charge in [-0.15, -0.1) is 0 Å². The highest BCUT2D eigenvalue weighted by molar-refractivity contribution is 8.00. The van der Waals surface area contributed by atoms with Gasteiger partial charge < -0.3 is 14.6 Å². The van der Waals surface area contributed by atoms with Crippen LogP contribution in [0.5, 0.6) is 5.88 Å². The Labute approximate surface area is 190 Å². The summed E-state index contributed by atoms with van der Waals surface area (Å²) in [5.41, 5.74) is 1.63. The van der Waals surface area contributed by atoms with Crippen molar-refractivity contribution in [2.45, 2.75) is 31.1 Å². The minimum absolute atomic E-state index is 0.0611. The van der Waals surface area contributed by atoms with E-state index in [2.05, 4.69) is 23.3 Å². The van der Waals surface area contributed by atoms with Gasteiger partial charge in [0, 0.05) is 25.2 Å². The first kappa shape index (κ1) is 21.9. The van der Waals surface area contributed by atoms with Crippen molar-refractivity contribution in [3.63, 3.8) is 0 Å². The smallest absolute Gasteiger partial charge is 0.263 e. The van der Waals surface area contributed by atoms with Gasteiger partial charge in [0.15, 0.2) is 0 Å². The van der Waals surface area contributed by atoms with Gasteiger partial charge >= 0.3 is 0 Å². The van der Waals surface area contributed by atoms with Gasteiger partial charge in [0.2, 0.25) is 5.88 Å². The molecule has 3 aromatic rings. The molecule has 2 aromatic heterocycles. The number of ether oxygens (including phenoxy) is 1. The number of carbonyl (C=O) groups is 1. The lowest BCUT2D eigenvalue weighted by molar-refractivity contribution is 0.0949. The Kier molecular flexibility index (Phi) is 6.19. The van der Waals surface area contributed by atoms with Crippen LogP contribution in [0.25, 0.3) is 10.9 Å². The number of hydrogen-bond acceptors (Lipinski definition) is 6. The van der Waals surface area contributed by atoms with Crippen molar-refractivity contribution in [1.29, 1.82) is 5.26 Å². The molecule has 2 heterocycles. The Bertz CT molecular complexity index is 1260. The summed E-state index contributed by atoms with van der Waals surface area (Å²) in [6.07, 6.45) is 3.88. The summed E-state index contributed by atoms with van der Waals surface area (Å²) < 4.78 is 7.63. The molecule has 1 aliphatic carbocycles. The number of pyridine rings is 2. The number of nitriles is 1. The summed E-state index contributed by atoms with van der Waals surface area (Å²) in [7, 11) is 1.63. The number of benzene rings is 1. The number of hydrogen-bond donors (Lipinski definition) is 1. The Hall–Kier alpha value is -3.31. The first-order valence-electron chi connectivity index (χ1n) is 10.5. The normalized spacial score (nSPS) is 14.0. The Morgan fingerprint density at radius 1 is 1.31 bits per heavy atom. The van der Waals surface area contributed by atoms with Crippen molar-refractivity contribution < 1.29 is 9.53 Å².